The summed E-state index contributed by atoms with van der Waals surface area (Å²) in [4.78, 5) is 39.4. The molecule has 1 aliphatic carbocycles. The van der Waals surface area contributed by atoms with Gasteiger partial charge < -0.3 is 0 Å². The molecular formula is C20H22N4O3S. The molecule has 1 aromatic carbocycles. The maximum absolute atomic E-state index is 12.8. The monoisotopic (exact) mass is 398 g/mol. The van der Waals surface area contributed by atoms with E-state index in [9.17, 15) is 14.4 Å². The van der Waals surface area contributed by atoms with E-state index in [2.05, 4.69) is 22.4 Å². The van der Waals surface area contributed by atoms with E-state index in [1.807, 2.05) is 0 Å². The van der Waals surface area contributed by atoms with Gasteiger partial charge in [0.2, 0.25) is 16.9 Å². The first-order valence-corrected chi connectivity index (χ1v) is 10.5. The number of anilines is 2. The van der Waals surface area contributed by atoms with E-state index >= 15 is 0 Å². The van der Waals surface area contributed by atoms with Crippen molar-refractivity contribution in [2.24, 2.45) is 11.8 Å². The lowest BCUT2D eigenvalue weighted by Gasteiger charge is -2.19. The number of hydrogen-bond acceptors (Lipinski definition) is 6. The van der Waals surface area contributed by atoms with Gasteiger partial charge >= 0.3 is 0 Å². The summed E-state index contributed by atoms with van der Waals surface area (Å²) < 4.78 is 0. The molecule has 1 saturated heterocycles. The van der Waals surface area contributed by atoms with Gasteiger partial charge in [0.05, 0.1) is 17.5 Å². The fraction of sp³-hybridized carbons (Fsp3) is 0.450. The van der Waals surface area contributed by atoms with E-state index in [1.54, 1.807) is 24.3 Å². The minimum atomic E-state index is -0.336. The minimum absolute atomic E-state index is 0.138. The number of aromatic nitrogens is 2. The summed E-state index contributed by atoms with van der Waals surface area (Å²) in [5.74, 6) is -1.03. The lowest BCUT2D eigenvalue weighted by molar-refractivity contribution is -0.122. The molecule has 0 radical (unpaired) electrons. The Labute approximate surface area is 167 Å². The van der Waals surface area contributed by atoms with Crippen LogP contribution in [0.3, 0.4) is 0 Å². The zero-order chi connectivity index (χ0) is 19.7. The zero-order valence-electron chi connectivity index (χ0n) is 15.7. The molecule has 2 heterocycles. The predicted octanol–water partition coefficient (Wildman–Crippen LogP) is 3.42. The Morgan fingerprint density at radius 3 is 2.57 bits per heavy atom. The molecular weight excluding hydrogens is 376 g/mol. The molecule has 2 atom stereocenters. The summed E-state index contributed by atoms with van der Waals surface area (Å²) in [6, 6.07) is 6.64. The third kappa shape index (κ3) is 3.44. The van der Waals surface area contributed by atoms with Crippen molar-refractivity contribution in [3.8, 4) is 0 Å². The first-order chi connectivity index (χ1) is 13.6. The molecule has 28 heavy (non-hydrogen) atoms. The Morgan fingerprint density at radius 2 is 1.89 bits per heavy atom. The Morgan fingerprint density at radius 1 is 1.18 bits per heavy atom. The summed E-state index contributed by atoms with van der Waals surface area (Å²) >= 11 is 1.35. The largest absolute Gasteiger partial charge is 0.296 e. The molecule has 1 saturated carbocycles. The molecule has 2 unspecified atom stereocenters. The van der Waals surface area contributed by atoms with Crippen LogP contribution < -0.4 is 10.2 Å². The number of fused-ring (bicyclic) bond motifs is 1. The third-order valence-corrected chi connectivity index (χ3v) is 6.26. The molecule has 0 spiro atoms. The highest BCUT2D eigenvalue weighted by atomic mass is 32.1. The Kier molecular flexibility index (Phi) is 5.21. The predicted molar refractivity (Wildman–Crippen MR) is 106 cm³/mol. The van der Waals surface area contributed by atoms with Crippen LogP contribution in [0.15, 0.2) is 24.3 Å². The van der Waals surface area contributed by atoms with Crippen LogP contribution in [0.2, 0.25) is 0 Å². The number of rotatable bonds is 5. The van der Waals surface area contributed by atoms with E-state index in [0.29, 0.717) is 16.4 Å². The average molecular weight is 398 g/mol. The van der Waals surface area contributed by atoms with Crippen LogP contribution in [0.5, 0.6) is 0 Å². The normalized spacial score (nSPS) is 21.7. The van der Waals surface area contributed by atoms with Crippen molar-refractivity contribution in [3.05, 3.63) is 34.8 Å². The highest BCUT2D eigenvalue weighted by Gasteiger charge is 2.48. The van der Waals surface area contributed by atoms with Gasteiger partial charge in [-0.15, -0.1) is 10.2 Å². The quantitative estimate of drug-likeness (QED) is 0.779. The highest BCUT2D eigenvalue weighted by molar-refractivity contribution is 7.15. The van der Waals surface area contributed by atoms with Crippen molar-refractivity contribution in [3.63, 3.8) is 0 Å². The number of carbonyl (C=O) groups excluding carboxylic acids is 3. The van der Waals surface area contributed by atoms with Crippen LogP contribution in [0, 0.1) is 11.8 Å². The number of imide groups is 1. The Hall–Kier alpha value is -2.61. The molecule has 1 aromatic heterocycles. The molecule has 2 aliphatic rings. The number of nitrogens with one attached hydrogen (secondary N) is 1. The molecule has 2 aromatic rings. The first kappa shape index (κ1) is 18.7. The minimum Gasteiger partial charge on any atom is -0.296 e. The van der Waals surface area contributed by atoms with Gasteiger partial charge in [-0.2, -0.15) is 0 Å². The van der Waals surface area contributed by atoms with Crippen LogP contribution in [0.1, 0.15) is 54.4 Å². The van der Waals surface area contributed by atoms with Gasteiger partial charge in [0.15, 0.2) is 0 Å². The number of amides is 3. The number of benzene rings is 1. The summed E-state index contributed by atoms with van der Waals surface area (Å²) in [6.07, 6.45) is 5.29. The van der Waals surface area contributed by atoms with Crippen LogP contribution in [-0.2, 0) is 16.0 Å². The molecule has 3 amide bonds. The molecule has 1 aliphatic heterocycles. The lowest BCUT2D eigenvalue weighted by atomic mass is 9.81. The summed E-state index contributed by atoms with van der Waals surface area (Å²) in [7, 11) is 0. The zero-order valence-corrected chi connectivity index (χ0v) is 16.5. The van der Waals surface area contributed by atoms with Gasteiger partial charge in [-0.05, 0) is 37.5 Å². The topological polar surface area (TPSA) is 92.3 Å². The van der Waals surface area contributed by atoms with E-state index < -0.39 is 0 Å². The first-order valence-electron chi connectivity index (χ1n) is 9.70. The van der Waals surface area contributed by atoms with Crippen molar-refractivity contribution >= 4 is 39.9 Å². The van der Waals surface area contributed by atoms with Gasteiger partial charge in [0.1, 0.15) is 5.01 Å². The van der Waals surface area contributed by atoms with Crippen molar-refractivity contribution in [1.29, 1.82) is 0 Å². The third-order valence-electron chi connectivity index (χ3n) is 5.36. The molecule has 7 nitrogen and oxygen atoms in total. The van der Waals surface area contributed by atoms with Gasteiger partial charge in [0, 0.05) is 12.0 Å². The van der Waals surface area contributed by atoms with Crippen LogP contribution >= 0.6 is 11.3 Å². The van der Waals surface area contributed by atoms with Gasteiger partial charge in [-0.3, -0.25) is 24.6 Å². The number of nitrogens with zero attached hydrogens (tertiary/aromatic N) is 3. The number of hydrogen-bond donors (Lipinski definition) is 1. The van der Waals surface area contributed by atoms with Gasteiger partial charge in [-0.1, -0.05) is 37.2 Å². The Balaban J connectivity index is 1.53. The van der Waals surface area contributed by atoms with Crippen molar-refractivity contribution in [2.45, 2.75) is 45.4 Å². The molecule has 2 fully saturated rings. The van der Waals surface area contributed by atoms with Crippen LogP contribution in [0.4, 0.5) is 10.8 Å². The van der Waals surface area contributed by atoms with Gasteiger partial charge in [0.25, 0.3) is 5.91 Å². The summed E-state index contributed by atoms with van der Waals surface area (Å²) in [6.45, 7) is 2.06. The maximum atomic E-state index is 12.8. The smallest absolute Gasteiger partial charge is 0.257 e. The molecule has 4 rings (SSSR count). The van der Waals surface area contributed by atoms with Crippen molar-refractivity contribution < 1.29 is 14.4 Å². The van der Waals surface area contributed by atoms with Crippen LogP contribution in [-0.4, -0.2) is 27.9 Å². The second-order valence-corrected chi connectivity index (χ2v) is 8.33. The van der Waals surface area contributed by atoms with E-state index in [-0.39, 0.29) is 29.6 Å². The molecule has 146 valence electrons. The molecule has 0 bridgehead atoms. The SMILES string of the molecule is CCCc1nnc(NC(=O)c2cccc(N3C(=O)C4CCCCC4C3=O)c2)s1. The standard InChI is InChI=1S/C20H22N4O3S/c1-2-6-16-22-23-20(28-16)21-17(25)12-7-5-8-13(11-12)24-18(26)14-9-3-4-10-15(14)19(24)27/h5,7-8,11,14-15H,2-4,6,9-10H2,1H3,(H,21,23,25). The lowest BCUT2D eigenvalue weighted by Crippen LogP contribution is -2.31. The Bertz CT molecular complexity index is 902. The van der Waals surface area contributed by atoms with Gasteiger partial charge in [-0.25, -0.2) is 0 Å². The highest BCUT2D eigenvalue weighted by Crippen LogP contribution is 2.40. The maximum Gasteiger partial charge on any atom is 0.257 e. The number of aryl methyl sites for hydroxylation is 1. The molecule has 8 heteroatoms. The molecule has 1 N–H and O–H groups in total. The van der Waals surface area contributed by atoms with Crippen molar-refractivity contribution in [2.75, 3.05) is 10.2 Å². The second-order valence-electron chi connectivity index (χ2n) is 7.26. The fourth-order valence-corrected chi connectivity index (χ4v) is 4.83. The average Bonchev–Trinajstić information content (AvgIpc) is 3.25. The fourth-order valence-electron chi connectivity index (χ4n) is 3.99. The van der Waals surface area contributed by atoms with E-state index in [1.165, 1.54) is 16.2 Å². The summed E-state index contributed by atoms with van der Waals surface area (Å²) in [5, 5.41) is 12.1. The van der Waals surface area contributed by atoms with E-state index in [0.717, 1.165) is 43.5 Å². The number of carbonyl (C=O) groups is 3. The van der Waals surface area contributed by atoms with Crippen molar-refractivity contribution in [1.82, 2.24) is 10.2 Å². The van der Waals surface area contributed by atoms with Crippen LogP contribution in [0.25, 0.3) is 0 Å². The summed E-state index contributed by atoms with van der Waals surface area (Å²) in [5.41, 5.74) is 0.834. The van der Waals surface area contributed by atoms with E-state index in [4.69, 9.17) is 0 Å². The second kappa shape index (κ2) is 7.79.